The van der Waals surface area contributed by atoms with Crippen LogP contribution in [0, 0.1) is 0 Å². The molecule has 0 bridgehead atoms. The minimum Gasteiger partial charge on any atom is -0.337 e. The lowest BCUT2D eigenvalue weighted by molar-refractivity contribution is -0.127. The van der Waals surface area contributed by atoms with Crippen LogP contribution in [0.3, 0.4) is 0 Å². The number of halogens is 2. The van der Waals surface area contributed by atoms with Crippen LogP contribution in [0.4, 0.5) is 0 Å². The van der Waals surface area contributed by atoms with E-state index < -0.39 is 0 Å². The predicted octanol–water partition coefficient (Wildman–Crippen LogP) is 4.41. The van der Waals surface area contributed by atoms with Crippen molar-refractivity contribution in [2.24, 2.45) is 0 Å². The topological polar surface area (TPSA) is 23.6 Å². The minimum absolute atomic E-state index is 0.00538. The van der Waals surface area contributed by atoms with Gasteiger partial charge in [0, 0.05) is 36.2 Å². The third-order valence-corrected chi connectivity index (χ3v) is 5.04. The molecule has 0 spiro atoms. The summed E-state index contributed by atoms with van der Waals surface area (Å²) >= 11 is 12.1. The van der Waals surface area contributed by atoms with Crippen molar-refractivity contribution in [2.45, 2.75) is 6.04 Å². The van der Waals surface area contributed by atoms with Crippen LogP contribution in [0.5, 0.6) is 0 Å². The number of hydrogen-bond donors (Lipinski definition) is 0. The van der Waals surface area contributed by atoms with Gasteiger partial charge in [-0.2, -0.15) is 0 Å². The van der Waals surface area contributed by atoms with Gasteiger partial charge in [0.05, 0.1) is 6.04 Å². The number of benzene rings is 2. The van der Waals surface area contributed by atoms with E-state index in [1.807, 2.05) is 29.2 Å². The van der Waals surface area contributed by atoms with Gasteiger partial charge in [-0.15, -0.1) is 0 Å². The van der Waals surface area contributed by atoms with Gasteiger partial charge in [0.1, 0.15) is 0 Å². The fourth-order valence-electron chi connectivity index (χ4n) is 3.23. The first-order valence-electron chi connectivity index (χ1n) is 8.25. The Kier molecular flexibility index (Phi) is 5.79. The van der Waals surface area contributed by atoms with E-state index in [0.717, 1.165) is 23.1 Å². The molecule has 2 aromatic carbocycles. The van der Waals surface area contributed by atoms with Crippen LogP contribution in [-0.2, 0) is 4.79 Å². The fourth-order valence-corrected chi connectivity index (χ4v) is 3.49. The maximum atomic E-state index is 11.8. The first-order chi connectivity index (χ1) is 12.1. The van der Waals surface area contributed by atoms with Gasteiger partial charge in [-0.25, -0.2) is 0 Å². The van der Waals surface area contributed by atoms with E-state index in [-0.39, 0.29) is 11.9 Å². The van der Waals surface area contributed by atoms with E-state index in [0.29, 0.717) is 13.1 Å². The lowest BCUT2D eigenvalue weighted by atomic mass is 9.96. The molecule has 0 atom stereocenters. The van der Waals surface area contributed by atoms with Gasteiger partial charge >= 0.3 is 0 Å². The number of rotatable bonds is 4. The molecule has 0 saturated carbocycles. The Morgan fingerprint density at radius 1 is 0.880 bits per heavy atom. The monoisotopic (exact) mass is 374 g/mol. The lowest BCUT2D eigenvalue weighted by Crippen LogP contribution is -2.49. The summed E-state index contributed by atoms with van der Waals surface area (Å²) < 4.78 is 0. The zero-order valence-corrected chi connectivity index (χ0v) is 15.4. The van der Waals surface area contributed by atoms with Crippen LogP contribution in [0.15, 0.2) is 61.2 Å². The summed E-state index contributed by atoms with van der Waals surface area (Å²) in [5.74, 6) is -0.00538. The highest BCUT2D eigenvalue weighted by molar-refractivity contribution is 6.30. The second-order valence-corrected chi connectivity index (χ2v) is 6.94. The average Bonchev–Trinajstić information content (AvgIpc) is 2.65. The number of amides is 1. The van der Waals surface area contributed by atoms with Crippen LogP contribution in [-0.4, -0.2) is 41.9 Å². The van der Waals surface area contributed by atoms with Gasteiger partial charge < -0.3 is 4.90 Å². The highest BCUT2D eigenvalue weighted by atomic mass is 35.5. The Balaban J connectivity index is 1.87. The smallest absolute Gasteiger partial charge is 0.246 e. The van der Waals surface area contributed by atoms with Crippen molar-refractivity contribution in [1.82, 2.24) is 9.80 Å². The molecular weight excluding hydrogens is 355 g/mol. The van der Waals surface area contributed by atoms with Gasteiger partial charge in [0.2, 0.25) is 5.91 Å². The largest absolute Gasteiger partial charge is 0.337 e. The first-order valence-corrected chi connectivity index (χ1v) is 9.00. The molecule has 1 aliphatic rings. The van der Waals surface area contributed by atoms with E-state index in [4.69, 9.17) is 23.2 Å². The third-order valence-electron chi connectivity index (χ3n) is 4.54. The highest BCUT2D eigenvalue weighted by Gasteiger charge is 2.27. The number of carbonyl (C=O) groups is 1. The molecule has 1 amide bonds. The van der Waals surface area contributed by atoms with E-state index in [2.05, 4.69) is 35.7 Å². The fraction of sp³-hybridized carbons (Fsp3) is 0.250. The Morgan fingerprint density at radius 2 is 1.32 bits per heavy atom. The SMILES string of the molecule is C=CC(=O)N1CCN(C(c2ccc(Cl)cc2)c2ccc(Cl)cc2)CC1. The van der Waals surface area contributed by atoms with Crippen molar-refractivity contribution in [3.05, 3.63) is 82.4 Å². The Hall–Kier alpha value is -1.81. The maximum Gasteiger partial charge on any atom is 0.246 e. The molecule has 5 heteroatoms. The summed E-state index contributed by atoms with van der Waals surface area (Å²) in [4.78, 5) is 16.0. The van der Waals surface area contributed by atoms with Crippen molar-refractivity contribution < 1.29 is 4.79 Å². The molecule has 1 saturated heterocycles. The van der Waals surface area contributed by atoms with Crippen molar-refractivity contribution in [1.29, 1.82) is 0 Å². The molecule has 25 heavy (non-hydrogen) atoms. The molecule has 0 radical (unpaired) electrons. The predicted molar refractivity (Wildman–Crippen MR) is 103 cm³/mol. The summed E-state index contributed by atoms with van der Waals surface area (Å²) in [6.07, 6.45) is 1.38. The molecule has 0 unspecified atom stereocenters. The van der Waals surface area contributed by atoms with Crippen molar-refractivity contribution in [3.63, 3.8) is 0 Å². The number of piperazine rings is 1. The minimum atomic E-state index is -0.00538. The van der Waals surface area contributed by atoms with Gasteiger partial charge in [0.15, 0.2) is 0 Å². The lowest BCUT2D eigenvalue weighted by Gasteiger charge is -2.39. The van der Waals surface area contributed by atoms with Crippen LogP contribution in [0.2, 0.25) is 10.0 Å². The standard InChI is InChI=1S/C20H20Cl2N2O/c1-2-19(25)23-11-13-24(14-12-23)20(15-3-7-17(21)8-4-15)16-5-9-18(22)10-6-16/h2-10,20H,1,11-14H2. The van der Waals surface area contributed by atoms with Crippen molar-refractivity contribution >= 4 is 29.1 Å². The Bertz CT molecular complexity index is 690. The summed E-state index contributed by atoms with van der Waals surface area (Å²) in [6, 6.07) is 16.0. The molecule has 0 aromatic heterocycles. The van der Waals surface area contributed by atoms with Crippen LogP contribution >= 0.6 is 23.2 Å². The second kappa shape index (κ2) is 8.05. The molecule has 130 valence electrons. The van der Waals surface area contributed by atoms with E-state index in [1.54, 1.807) is 0 Å². The zero-order chi connectivity index (χ0) is 17.8. The van der Waals surface area contributed by atoms with E-state index in [9.17, 15) is 4.79 Å². The maximum absolute atomic E-state index is 11.8. The molecule has 2 aromatic rings. The van der Waals surface area contributed by atoms with Crippen molar-refractivity contribution in [3.8, 4) is 0 Å². The molecule has 3 rings (SSSR count). The summed E-state index contributed by atoms with van der Waals surface area (Å²) in [7, 11) is 0. The van der Waals surface area contributed by atoms with Gasteiger partial charge in [-0.3, -0.25) is 9.69 Å². The molecule has 3 nitrogen and oxygen atoms in total. The number of hydrogen-bond acceptors (Lipinski definition) is 2. The third kappa shape index (κ3) is 4.24. The molecule has 1 heterocycles. The van der Waals surface area contributed by atoms with Crippen LogP contribution in [0.1, 0.15) is 17.2 Å². The molecule has 1 fully saturated rings. The van der Waals surface area contributed by atoms with E-state index in [1.165, 1.54) is 17.2 Å². The molecule has 1 aliphatic heterocycles. The summed E-state index contributed by atoms with van der Waals surface area (Å²) in [5, 5.41) is 1.44. The normalized spacial score (nSPS) is 15.4. The number of carbonyl (C=O) groups excluding carboxylic acids is 1. The first kappa shape index (κ1) is 18.0. The van der Waals surface area contributed by atoms with Gasteiger partial charge in [0.25, 0.3) is 0 Å². The zero-order valence-electron chi connectivity index (χ0n) is 13.9. The number of nitrogens with zero attached hydrogens (tertiary/aromatic N) is 2. The second-order valence-electron chi connectivity index (χ2n) is 6.07. The molecule has 0 N–H and O–H groups in total. The van der Waals surface area contributed by atoms with E-state index >= 15 is 0 Å². The summed E-state index contributed by atoms with van der Waals surface area (Å²) in [6.45, 7) is 6.57. The highest BCUT2D eigenvalue weighted by Crippen LogP contribution is 2.31. The molecular formula is C20H20Cl2N2O. The Morgan fingerprint density at radius 3 is 1.72 bits per heavy atom. The average molecular weight is 375 g/mol. The van der Waals surface area contributed by atoms with Crippen molar-refractivity contribution in [2.75, 3.05) is 26.2 Å². The molecule has 0 aliphatic carbocycles. The van der Waals surface area contributed by atoms with Crippen LogP contribution in [0.25, 0.3) is 0 Å². The quantitative estimate of drug-likeness (QED) is 0.739. The van der Waals surface area contributed by atoms with Gasteiger partial charge in [-0.05, 0) is 41.5 Å². The van der Waals surface area contributed by atoms with Gasteiger partial charge in [-0.1, -0.05) is 54.0 Å². The van der Waals surface area contributed by atoms with Crippen LogP contribution < -0.4 is 0 Å². The summed E-state index contributed by atoms with van der Waals surface area (Å²) in [5.41, 5.74) is 2.35. The Labute approximate surface area is 158 Å².